The summed E-state index contributed by atoms with van der Waals surface area (Å²) in [7, 11) is 0. The van der Waals surface area contributed by atoms with E-state index in [1.165, 1.54) is 6.92 Å². The molecule has 0 bridgehead atoms. The topological polar surface area (TPSA) is 58.2 Å². The number of hydrogen-bond acceptors (Lipinski definition) is 2. The van der Waals surface area contributed by atoms with Crippen molar-refractivity contribution in [1.29, 1.82) is 0 Å². The highest BCUT2D eigenvalue weighted by Gasteiger charge is 2.24. The van der Waals surface area contributed by atoms with E-state index >= 15 is 0 Å². The monoisotopic (exact) mass is 154 g/mol. The molecular formula is C7H10N2O2. The maximum atomic E-state index is 10.7. The van der Waals surface area contributed by atoms with Gasteiger partial charge in [0.15, 0.2) is 0 Å². The van der Waals surface area contributed by atoms with Crippen molar-refractivity contribution >= 4 is 11.8 Å². The van der Waals surface area contributed by atoms with Crippen LogP contribution in [0.2, 0.25) is 0 Å². The van der Waals surface area contributed by atoms with Crippen molar-refractivity contribution in [2.75, 3.05) is 0 Å². The van der Waals surface area contributed by atoms with E-state index in [0.717, 1.165) is 0 Å². The minimum absolute atomic E-state index is 0.0418. The van der Waals surface area contributed by atoms with Crippen LogP contribution in [0.5, 0.6) is 0 Å². The molecule has 0 saturated carbocycles. The lowest BCUT2D eigenvalue weighted by atomic mass is 10.1. The van der Waals surface area contributed by atoms with E-state index in [4.69, 9.17) is 0 Å². The lowest BCUT2D eigenvalue weighted by Crippen LogP contribution is -2.27. The Bertz CT molecular complexity index is 222. The zero-order chi connectivity index (χ0) is 8.43. The van der Waals surface area contributed by atoms with E-state index < -0.39 is 0 Å². The molecule has 0 radical (unpaired) electrons. The largest absolute Gasteiger partial charge is 0.329 e. The van der Waals surface area contributed by atoms with Gasteiger partial charge >= 0.3 is 6.03 Å². The van der Waals surface area contributed by atoms with Crippen molar-refractivity contribution in [3.8, 4) is 0 Å². The average Bonchev–Trinajstić information content (AvgIpc) is 2.09. The molecule has 2 N–H and O–H groups in total. The van der Waals surface area contributed by atoms with Crippen LogP contribution in [0.15, 0.2) is 12.3 Å². The van der Waals surface area contributed by atoms with Crippen molar-refractivity contribution in [3.63, 3.8) is 0 Å². The van der Waals surface area contributed by atoms with Gasteiger partial charge in [-0.15, -0.1) is 0 Å². The van der Waals surface area contributed by atoms with Crippen molar-refractivity contribution in [1.82, 2.24) is 10.6 Å². The van der Waals surface area contributed by atoms with Crippen molar-refractivity contribution in [3.05, 3.63) is 12.3 Å². The highest BCUT2D eigenvalue weighted by Crippen LogP contribution is 2.07. The summed E-state index contributed by atoms with van der Waals surface area (Å²) in [6, 6.07) is -0.499. The predicted molar refractivity (Wildman–Crippen MR) is 39.9 cm³/mol. The molecule has 1 unspecified atom stereocenters. The van der Waals surface area contributed by atoms with Gasteiger partial charge in [-0.2, -0.15) is 0 Å². The van der Waals surface area contributed by atoms with E-state index in [9.17, 15) is 9.59 Å². The van der Waals surface area contributed by atoms with Gasteiger partial charge in [-0.1, -0.05) is 6.58 Å². The Labute approximate surface area is 64.7 Å². The Morgan fingerprint density at radius 2 is 2.36 bits per heavy atom. The normalized spacial score (nSPS) is 22.8. The van der Waals surface area contributed by atoms with Gasteiger partial charge in [0.05, 0.1) is 6.04 Å². The Morgan fingerprint density at radius 1 is 1.73 bits per heavy atom. The summed E-state index contributed by atoms with van der Waals surface area (Å²) in [6.07, 6.45) is 0.317. The first-order chi connectivity index (χ1) is 5.09. The second-order valence-electron chi connectivity index (χ2n) is 2.58. The lowest BCUT2D eigenvalue weighted by Gasteiger charge is -2.05. The van der Waals surface area contributed by atoms with Gasteiger partial charge in [-0.3, -0.25) is 4.79 Å². The van der Waals surface area contributed by atoms with Gasteiger partial charge in [0.25, 0.3) is 0 Å². The van der Waals surface area contributed by atoms with Gasteiger partial charge in [0, 0.05) is 12.1 Å². The number of rotatable bonds is 2. The molecule has 0 aliphatic carbocycles. The van der Waals surface area contributed by atoms with Gasteiger partial charge in [0.1, 0.15) is 5.78 Å². The van der Waals surface area contributed by atoms with Crippen LogP contribution in [0.25, 0.3) is 0 Å². The molecule has 1 aliphatic heterocycles. The standard InChI is InChI=1S/C7H10N2O2/c1-4(10)3-6-5(2)8-7(11)9-6/h6H,2-3H2,1H3,(H2,8,9,11). The first kappa shape index (κ1) is 7.78. The molecule has 0 aromatic carbocycles. The zero-order valence-electron chi connectivity index (χ0n) is 6.31. The quantitative estimate of drug-likeness (QED) is 0.595. The van der Waals surface area contributed by atoms with Crippen LogP contribution in [0.3, 0.4) is 0 Å². The Balaban J connectivity index is 2.53. The number of ketones is 1. The number of Topliss-reactive ketones (excluding diaryl/α,β-unsaturated/α-hetero) is 1. The number of carbonyl (C=O) groups is 2. The summed E-state index contributed by atoms with van der Waals surface area (Å²) < 4.78 is 0. The highest BCUT2D eigenvalue weighted by molar-refractivity contribution is 5.83. The van der Waals surface area contributed by atoms with Crippen LogP contribution in [0, 0.1) is 0 Å². The number of hydrogen-bond donors (Lipinski definition) is 2. The predicted octanol–water partition coefficient (Wildman–Crippen LogP) is 0.161. The smallest absolute Gasteiger partial charge is 0.319 e. The number of nitrogens with one attached hydrogen (secondary N) is 2. The Morgan fingerprint density at radius 3 is 2.73 bits per heavy atom. The van der Waals surface area contributed by atoms with E-state index in [2.05, 4.69) is 17.2 Å². The van der Waals surface area contributed by atoms with Crippen molar-refractivity contribution in [2.45, 2.75) is 19.4 Å². The minimum Gasteiger partial charge on any atom is -0.329 e. The van der Waals surface area contributed by atoms with Crippen LogP contribution in [-0.4, -0.2) is 17.9 Å². The fraction of sp³-hybridized carbons (Fsp3) is 0.429. The number of amides is 2. The fourth-order valence-corrected chi connectivity index (χ4v) is 0.976. The summed E-state index contributed by atoms with van der Waals surface area (Å²) in [6.45, 7) is 5.08. The molecule has 1 heterocycles. The molecule has 60 valence electrons. The first-order valence-electron chi connectivity index (χ1n) is 3.35. The average molecular weight is 154 g/mol. The van der Waals surface area contributed by atoms with E-state index in [1.54, 1.807) is 0 Å². The van der Waals surface area contributed by atoms with E-state index in [1.807, 2.05) is 0 Å². The third kappa shape index (κ3) is 1.80. The van der Waals surface area contributed by atoms with E-state index in [-0.39, 0.29) is 17.9 Å². The highest BCUT2D eigenvalue weighted by atomic mass is 16.2. The lowest BCUT2D eigenvalue weighted by molar-refractivity contribution is -0.117. The van der Waals surface area contributed by atoms with Crippen LogP contribution < -0.4 is 10.6 Å². The van der Waals surface area contributed by atoms with Crippen LogP contribution in [0.4, 0.5) is 4.79 Å². The molecular weight excluding hydrogens is 144 g/mol. The molecule has 1 aliphatic rings. The molecule has 0 spiro atoms. The first-order valence-corrected chi connectivity index (χ1v) is 3.35. The van der Waals surface area contributed by atoms with Gasteiger partial charge < -0.3 is 10.6 Å². The van der Waals surface area contributed by atoms with Gasteiger partial charge in [-0.05, 0) is 6.92 Å². The second-order valence-corrected chi connectivity index (χ2v) is 2.58. The van der Waals surface area contributed by atoms with E-state index in [0.29, 0.717) is 12.1 Å². The molecule has 11 heavy (non-hydrogen) atoms. The Kier molecular flexibility index (Phi) is 1.94. The summed E-state index contributed by atoms with van der Waals surface area (Å²) in [5.74, 6) is 0.0418. The van der Waals surface area contributed by atoms with Gasteiger partial charge in [0.2, 0.25) is 0 Å². The summed E-state index contributed by atoms with van der Waals surface area (Å²) in [4.78, 5) is 21.3. The number of urea groups is 1. The Hall–Kier alpha value is -1.32. The summed E-state index contributed by atoms with van der Waals surface area (Å²) in [5, 5.41) is 5.04. The zero-order valence-corrected chi connectivity index (χ0v) is 6.31. The molecule has 4 nitrogen and oxygen atoms in total. The molecule has 2 amide bonds. The summed E-state index contributed by atoms with van der Waals surface area (Å²) >= 11 is 0. The molecule has 0 aromatic heterocycles. The fourth-order valence-electron chi connectivity index (χ4n) is 0.976. The maximum Gasteiger partial charge on any atom is 0.319 e. The number of carbonyl (C=O) groups excluding carboxylic acids is 2. The van der Waals surface area contributed by atoms with Crippen LogP contribution in [0.1, 0.15) is 13.3 Å². The summed E-state index contributed by atoms with van der Waals surface area (Å²) in [5.41, 5.74) is 0.574. The molecule has 0 aromatic rings. The molecule has 1 fully saturated rings. The molecule has 1 rings (SSSR count). The van der Waals surface area contributed by atoms with Crippen molar-refractivity contribution in [2.24, 2.45) is 0 Å². The third-order valence-corrected chi connectivity index (χ3v) is 1.49. The third-order valence-electron chi connectivity index (χ3n) is 1.49. The van der Waals surface area contributed by atoms with Crippen LogP contribution >= 0.6 is 0 Å². The van der Waals surface area contributed by atoms with Crippen LogP contribution in [-0.2, 0) is 4.79 Å². The molecule has 1 saturated heterocycles. The van der Waals surface area contributed by atoms with Crippen molar-refractivity contribution < 1.29 is 9.59 Å². The SMILES string of the molecule is C=C1NC(=O)NC1CC(C)=O. The minimum atomic E-state index is -0.277. The molecule has 1 atom stereocenters. The second kappa shape index (κ2) is 2.74. The van der Waals surface area contributed by atoms with Gasteiger partial charge in [-0.25, -0.2) is 4.79 Å². The molecule has 4 heteroatoms. The maximum absolute atomic E-state index is 10.7.